The Morgan fingerprint density at radius 2 is 1.89 bits per heavy atom. The van der Waals surface area contributed by atoms with E-state index in [1.54, 1.807) is 38.1 Å². The number of benzene rings is 1. The van der Waals surface area contributed by atoms with Crippen LogP contribution in [0, 0.1) is 5.92 Å². The van der Waals surface area contributed by atoms with Crippen LogP contribution in [0.15, 0.2) is 30.3 Å². The molecule has 1 fully saturated rings. The molecule has 2 heterocycles. The first-order valence-electron chi connectivity index (χ1n) is 12.0. The maximum Gasteiger partial charge on any atom is 0.228 e. The summed E-state index contributed by atoms with van der Waals surface area (Å²) in [5, 5.41) is 18.8. The molecule has 0 atom stereocenters. The molecule has 2 aromatic heterocycles. The van der Waals surface area contributed by atoms with E-state index in [2.05, 4.69) is 25.9 Å². The minimum atomic E-state index is -2.55. The number of anilines is 3. The second kappa shape index (κ2) is 10.2. The number of hydrogen-bond donors (Lipinski definition) is 2. The number of aryl methyl sites for hydroxylation is 1. The largest absolute Gasteiger partial charge is 0.494 e. The van der Waals surface area contributed by atoms with Gasteiger partial charge in [-0.3, -0.25) is 14.3 Å². The monoisotopic (exact) mass is 510 g/mol. The Balaban J connectivity index is 1.75. The van der Waals surface area contributed by atoms with Crippen LogP contribution in [0.2, 0.25) is 0 Å². The molecule has 0 bridgehead atoms. The lowest BCUT2D eigenvalue weighted by Crippen LogP contribution is -2.16. The minimum absolute atomic E-state index is 0.00583. The van der Waals surface area contributed by atoms with Gasteiger partial charge in [-0.15, -0.1) is 10.2 Å². The van der Waals surface area contributed by atoms with Gasteiger partial charge >= 0.3 is 0 Å². The number of rotatable bonds is 10. The van der Waals surface area contributed by atoms with Gasteiger partial charge in [-0.25, -0.2) is 0 Å². The topological polar surface area (TPSA) is 128 Å². The average Bonchev–Trinajstić information content (AvgIpc) is 3.61. The van der Waals surface area contributed by atoms with E-state index in [-0.39, 0.29) is 35.5 Å². The fourth-order valence-corrected chi connectivity index (χ4v) is 5.08. The molecule has 190 valence electrons. The van der Waals surface area contributed by atoms with Crippen molar-refractivity contribution in [2.45, 2.75) is 39.7 Å². The summed E-state index contributed by atoms with van der Waals surface area (Å²) < 4.78 is 20.3. The first kappa shape index (κ1) is 25.6. The summed E-state index contributed by atoms with van der Waals surface area (Å²) in [6, 6.07) is 8.96. The van der Waals surface area contributed by atoms with Crippen molar-refractivity contribution in [2.75, 3.05) is 31.1 Å². The molecular weight excluding hydrogens is 479 g/mol. The highest BCUT2D eigenvalue weighted by atomic mass is 31.2. The normalized spacial score (nSPS) is 13.4. The maximum atomic E-state index is 12.8. The molecule has 2 N–H and O–H groups in total. The number of Topliss-reactive ketones (excluding diaryl/α,β-unsaturated/α-hetero) is 1. The van der Waals surface area contributed by atoms with E-state index in [4.69, 9.17) is 4.74 Å². The van der Waals surface area contributed by atoms with Gasteiger partial charge in [0.05, 0.1) is 29.6 Å². The van der Waals surface area contributed by atoms with Crippen molar-refractivity contribution in [1.82, 2.24) is 20.0 Å². The van der Waals surface area contributed by atoms with Gasteiger partial charge in [-0.2, -0.15) is 5.10 Å². The molecule has 11 heteroatoms. The maximum absolute atomic E-state index is 12.8. The SMILES string of the molecule is CCC(=O)c1nnc(NC(=O)C2CC2)cc1Nc1cccc(-c2cc(P(C)(C)=O)n(CC)n2)c1OC. The molecule has 0 aliphatic heterocycles. The Hall–Kier alpha value is -3.52. The van der Waals surface area contributed by atoms with Crippen molar-refractivity contribution in [3.8, 4) is 17.0 Å². The lowest BCUT2D eigenvalue weighted by atomic mass is 10.1. The standard InChI is InChI=1S/C25H31N6O4P/c1-6-20(32)23-19(13-21(28-29-23)27-25(33)15-11-12-15)26-17-10-8-9-16(24(17)35-3)18-14-22(36(4,5)34)31(7-2)30-18/h8-10,13-15H,6-7,11-12H2,1-5H3,(H2,26,27,28,33). The highest BCUT2D eigenvalue weighted by Crippen LogP contribution is 2.40. The number of methoxy groups -OCH3 is 1. The fourth-order valence-electron chi connectivity index (χ4n) is 3.90. The third-order valence-corrected chi connectivity index (χ3v) is 7.42. The van der Waals surface area contributed by atoms with Gasteiger partial charge in [0, 0.05) is 30.5 Å². The summed E-state index contributed by atoms with van der Waals surface area (Å²) in [4.78, 5) is 24.8. The van der Waals surface area contributed by atoms with Crippen molar-refractivity contribution < 1.29 is 18.9 Å². The molecule has 0 unspecified atom stereocenters. The smallest absolute Gasteiger partial charge is 0.228 e. The first-order valence-corrected chi connectivity index (χ1v) is 14.6. The quantitative estimate of drug-likeness (QED) is 0.305. The van der Waals surface area contributed by atoms with Gasteiger partial charge in [0.25, 0.3) is 0 Å². The number of nitrogens with zero attached hydrogens (tertiary/aromatic N) is 4. The summed E-state index contributed by atoms with van der Waals surface area (Å²) in [7, 11) is -0.994. The van der Waals surface area contributed by atoms with Crippen LogP contribution in [0.25, 0.3) is 11.3 Å². The van der Waals surface area contributed by atoms with Gasteiger partial charge in [0.15, 0.2) is 23.0 Å². The van der Waals surface area contributed by atoms with E-state index in [0.717, 1.165) is 12.8 Å². The zero-order chi connectivity index (χ0) is 26.0. The van der Waals surface area contributed by atoms with Crippen LogP contribution < -0.4 is 20.8 Å². The van der Waals surface area contributed by atoms with Gasteiger partial charge in [-0.1, -0.05) is 13.0 Å². The molecule has 1 aliphatic carbocycles. The lowest BCUT2D eigenvalue weighted by molar-refractivity contribution is -0.117. The van der Waals surface area contributed by atoms with Crippen molar-refractivity contribution in [1.29, 1.82) is 0 Å². The van der Waals surface area contributed by atoms with Crippen molar-refractivity contribution >= 4 is 41.5 Å². The number of ketones is 1. The third-order valence-electron chi connectivity index (χ3n) is 5.95. The average molecular weight is 511 g/mol. The molecule has 1 aliphatic rings. The van der Waals surface area contributed by atoms with Crippen LogP contribution >= 0.6 is 7.14 Å². The Kier molecular flexibility index (Phi) is 7.26. The number of aromatic nitrogens is 4. The highest BCUT2D eigenvalue weighted by molar-refractivity contribution is 7.69. The number of amides is 1. The highest BCUT2D eigenvalue weighted by Gasteiger charge is 2.30. The van der Waals surface area contributed by atoms with Crippen LogP contribution in [0.4, 0.5) is 17.2 Å². The number of nitrogens with one attached hydrogen (secondary N) is 2. The predicted octanol–water partition coefficient (Wildman–Crippen LogP) is 4.30. The van der Waals surface area contributed by atoms with E-state index >= 15 is 0 Å². The zero-order valence-electron chi connectivity index (χ0n) is 21.2. The minimum Gasteiger partial charge on any atom is -0.494 e. The molecule has 4 rings (SSSR count). The van der Waals surface area contributed by atoms with E-state index in [1.807, 2.05) is 31.2 Å². The zero-order valence-corrected chi connectivity index (χ0v) is 22.1. The Labute approximate surface area is 210 Å². The van der Waals surface area contributed by atoms with Crippen molar-refractivity contribution in [3.63, 3.8) is 0 Å². The van der Waals surface area contributed by atoms with E-state index in [1.165, 1.54) is 0 Å². The van der Waals surface area contributed by atoms with Gasteiger partial charge in [-0.05, 0) is 51.3 Å². The molecular formula is C25H31N6O4P. The first-order chi connectivity index (χ1) is 17.2. The second-order valence-electron chi connectivity index (χ2n) is 9.10. The van der Waals surface area contributed by atoms with Crippen molar-refractivity contribution in [3.05, 3.63) is 36.0 Å². The Bertz CT molecular complexity index is 1360. The Morgan fingerprint density at radius 3 is 2.47 bits per heavy atom. The summed E-state index contributed by atoms with van der Waals surface area (Å²) in [6.45, 7) is 7.73. The van der Waals surface area contributed by atoms with E-state index < -0.39 is 7.14 Å². The summed E-state index contributed by atoms with van der Waals surface area (Å²) in [6.07, 6.45) is 1.98. The summed E-state index contributed by atoms with van der Waals surface area (Å²) in [5.74, 6) is 0.489. The van der Waals surface area contributed by atoms with Gasteiger partial charge in [0.1, 0.15) is 7.14 Å². The van der Waals surface area contributed by atoms with Crippen LogP contribution in [0.5, 0.6) is 5.75 Å². The molecule has 36 heavy (non-hydrogen) atoms. The molecule has 0 spiro atoms. The van der Waals surface area contributed by atoms with Crippen molar-refractivity contribution in [2.24, 2.45) is 5.92 Å². The van der Waals surface area contributed by atoms with Gasteiger partial charge in [0.2, 0.25) is 5.91 Å². The molecule has 0 radical (unpaired) electrons. The summed E-state index contributed by atoms with van der Waals surface area (Å²) in [5.41, 5.74) is 3.18. The predicted molar refractivity (Wildman–Crippen MR) is 140 cm³/mol. The lowest BCUT2D eigenvalue weighted by Gasteiger charge is -2.16. The fraction of sp³-hybridized carbons (Fsp3) is 0.400. The molecule has 0 saturated heterocycles. The van der Waals surface area contributed by atoms with Crippen LogP contribution in [-0.4, -0.2) is 52.1 Å². The number of hydrogen-bond acceptors (Lipinski definition) is 8. The molecule has 1 aromatic carbocycles. The third kappa shape index (κ3) is 5.33. The molecule has 10 nitrogen and oxygen atoms in total. The van der Waals surface area contributed by atoms with Crippen LogP contribution in [-0.2, 0) is 15.9 Å². The van der Waals surface area contributed by atoms with E-state index in [9.17, 15) is 14.2 Å². The van der Waals surface area contributed by atoms with Crippen LogP contribution in [0.1, 0.15) is 43.6 Å². The molecule has 1 saturated carbocycles. The Morgan fingerprint density at radius 1 is 1.14 bits per heavy atom. The van der Waals surface area contributed by atoms with Crippen LogP contribution in [0.3, 0.4) is 0 Å². The number of para-hydroxylation sites is 1. The molecule has 3 aromatic rings. The number of carbonyl (C=O) groups is 2. The van der Waals surface area contributed by atoms with Gasteiger partial charge < -0.3 is 19.9 Å². The number of ether oxygens (including phenoxy) is 1. The van der Waals surface area contributed by atoms with E-state index in [0.29, 0.717) is 40.4 Å². The summed E-state index contributed by atoms with van der Waals surface area (Å²) >= 11 is 0. The molecule has 1 amide bonds. The second-order valence-corrected chi connectivity index (χ2v) is 12.3. The number of carbonyl (C=O) groups excluding carboxylic acids is 2.